The van der Waals surface area contributed by atoms with Crippen LogP contribution < -0.4 is 0 Å². The van der Waals surface area contributed by atoms with Gasteiger partial charge in [0.2, 0.25) is 0 Å². The van der Waals surface area contributed by atoms with E-state index in [1.165, 1.54) is 37.7 Å². The van der Waals surface area contributed by atoms with Gasteiger partial charge in [-0.2, -0.15) is 0 Å². The fourth-order valence-corrected chi connectivity index (χ4v) is 6.28. The summed E-state index contributed by atoms with van der Waals surface area (Å²) in [6, 6.07) is 11.0. The maximum atomic E-state index is 2.70. The number of rotatable bonds is 9. The third-order valence-electron chi connectivity index (χ3n) is 8.50. The van der Waals surface area contributed by atoms with Gasteiger partial charge in [0.15, 0.2) is 0 Å². The van der Waals surface area contributed by atoms with Crippen LogP contribution in [0.5, 0.6) is 0 Å². The summed E-state index contributed by atoms with van der Waals surface area (Å²) in [5, 5.41) is 0. The van der Waals surface area contributed by atoms with Gasteiger partial charge in [-0.15, -0.1) is 0 Å². The molecule has 1 aromatic rings. The zero-order valence-corrected chi connectivity index (χ0v) is 24.3. The summed E-state index contributed by atoms with van der Waals surface area (Å²) in [4.78, 5) is 0. The highest BCUT2D eigenvalue weighted by atomic mass is 14.5. The van der Waals surface area contributed by atoms with Gasteiger partial charge in [0, 0.05) is 0 Å². The van der Waals surface area contributed by atoms with Crippen molar-refractivity contribution in [3.8, 4) is 0 Å². The van der Waals surface area contributed by atoms with E-state index in [4.69, 9.17) is 0 Å². The molecule has 0 amide bonds. The molecule has 0 radical (unpaired) electrons. The summed E-state index contributed by atoms with van der Waals surface area (Å²) in [7, 11) is 0. The lowest BCUT2D eigenvalue weighted by Gasteiger charge is -2.35. The molecule has 34 heavy (non-hydrogen) atoms. The van der Waals surface area contributed by atoms with E-state index < -0.39 is 0 Å². The van der Waals surface area contributed by atoms with Crippen molar-refractivity contribution in [2.75, 3.05) is 0 Å². The first-order valence-electron chi connectivity index (χ1n) is 14.1. The summed E-state index contributed by atoms with van der Waals surface area (Å²) in [6.07, 6.45) is 17.7. The minimum Gasteiger partial charge on any atom is -0.0885 e. The minimum atomic E-state index is 0.279. The van der Waals surface area contributed by atoms with E-state index in [0.717, 1.165) is 24.2 Å². The highest BCUT2D eigenvalue weighted by Crippen LogP contribution is 2.56. The Morgan fingerprint density at radius 2 is 1.47 bits per heavy atom. The molecule has 1 aliphatic rings. The predicted molar refractivity (Wildman–Crippen MR) is 153 cm³/mol. The summed E-state index contributed by atoms with van der Waals surface area (Å²) in [5.41, 5.74) is 2.43. The molecule has 0 aliphatic heterocycles. The molecule has 0 aromatic heterocycles. The van der Waals surface area contributed by atoms with Gasteiger partial charge >= 0.3 is 0 Å². The SMILES string of the molecule is CCC/C=C/C[C@@H]1[C@@H](/C=C/[C@H](CCc2ccccc2)C(C)(C)C)[C@H](C(C)(C)C)C[C@@H]1C(C)(C)C. The molecule has 5 atom stereocenters. The molecule has 1 aromatic carbocycles. The third-order valence-corrected chi connectivity index (χ3v) is 8.50. The monoisotopic (exact) mass is 464 g/mol. The lowest BCUT2D eigenvalue weighted by molar-refractivity contribution is 0.174. The lowest BCUT2D eigenvalue weighted by Crippen LogP contribution is -2.27. The first kappa shape index (κ1) is 28.9. The Hall–Kier alpha value is -1.30. The normalized spacial score (nSPS) is 25.5. The summed E-state index contributed by atoms with van der Waals surface area (Å²) < 4.78 is 0. The molecule has 0 saturated heterocycles. The van der Waals surface area contributed by atoms with E-state index in [1.54, 1.807) is 0 Å². The van der Waals surface area contributed by atoms with Crippen LogP contribution in [0.3, 0.4) is 0 Å². The Labute approximate surface area is 213 Å². The van der Waals surface area contributed by atoms with Crippen molar-refractivity contribution in [2.24, 2.45) is 45.8 Å². The van der Waals surface area contributed by atoms with Gasteiger partial charge in [-0.3, -0.25) is 0 Å². The quantitative estimate of drug-likeness (QED) is 0.319. The highest BCUT2D eigenvalue weighted by molar-refractivity contribution is 5.16. The third kappa shape index (κ3) is 8.42. The Morgan fingerprint density at radius 3 is 2.00 bits per heavy atom. The van der Waals surface area contributed by atoms with Gasteiger partial charge in [-0.1, -0.05) is 130 Å². The average molecular weight is 465 g/mol. The van der Waals surface area contributed by atoms with Crippen LogP contribution in [0.15, 0.2) is 54.6 Å². The summed E-state index contributed by atoms with van der Waals surface area (Å²) in [6.45, 7) is 24.4. The number of benzene rings is 1. The maximum absolute atomic E-state index is 2.70. The average Bonchev–Trinajstić information content (AvgIpc) is 3.10. The Kier molecular flexibility index (Phi) is 10.3. The Morgan fingerprint density at radius 1 is 0.853 bits per heavy atom. The largest absolute Gasteiger partial charge is 0.0885 e. The van der Waals surface area contributed by atoms with E-state index in [1.807, 2.05) is 0 Å². The molecule has 1 aliphatic carbocycles. The standard InChI is InChI=1S/C34H56/c1-11-12-13-17-20-28-29(31(34(8,9)10)25-30(28)33(5,6)7)24-23-27(32(2,3)4)22-21-26-18-15-14-16-19-26/h13-19,23-24,27-31H,11-12,20-22,25H2,1-10H3/b17-13+,24-23+/t27-,28+,29+,30-,31+/m0/s1. The lowest BCUT2D eigenvalue weighted by atomic mass is 9.70. The van der Waals surface area contributed by atoms with Gasteiger partial charge in [0.25, 0.3) is 0 Å². The van der Waals surface area contributed by atoms with E-state index in [-0.39, 0.29) is 5.41 Å². The molecule has 192 valence electrons. The van der Waals surface area contributed by atoms with Crippen molar-refractivity contribution in [3.05, 3.63) is 60.2 Å². The molecular weight excluding hydrogens is 408 g/mol. The predicted octanol–water partition coefficient (Wildman–Crippen LogP) is 10.5. The molecule has 2 rings (SSSR count). The molecule has 0 N–H and O–H groups in total. The number of hydrogen-bond acceptors (Lipinski definition) is 0. The highest BCUT2D eigenvalue weighted by Gasteiger charge is 2.49. The summed E-state index contributed by atoms with van der Waals surface area (Å²) in [5.74, 6) is 3.51. The molecular formula is C34H56. The van der Waals surface area contributed by atoms with Gasteiger partial charge in [0.1, 0.15) is 0 Å². The van der Waals surface area contributed by atoms with Crippen molar-refractivity contribution in [1.29, 1.82) is 0 Å². The van der Waals surface area contributed by atoms with E-state index in [9.17, 15) is 0 Å². The topological polar surface area (TPSA) is 0 Å². The number of allylic oxidation sites excluding steroid dienone is 4. The van der Waals surface area contributed by atoms with Crippen LogP contribution in [-0.4, -0.2) is 0 Å². The Bertz CT molecular complexity index is 759. The number of hydrogen-bond donors (Lipinski definition) is 0. The molecule has 1 saturated carbocycles. The molecule has 0 spiro atoms. The first-order chi connectivity index (χ1) is 15.7. The molecule has 0 heterocycles. The van der Waals surface area contributed by atoms with Crippen LogP contribution in [0.1, 0.15) is 107 Å². The minimum absolute atomic E-state index is 0.279. The second-order valence-electron chi connectivity index (χ2n) is 14.3. The van der Waals surface area contributed by atoms with Crippen molar-refractivity contribution >= 4 is 0 Å². The second kappa shape index (κ2) is 12.1. The fraction of sp³-hybridized carbons (Fsp3) is 0.706. The van der Waals surface area contributed by atoms with E-state index in [0.29, 0.717) is 22.7 Å². The number of unbranched alkanes of at least 4 members (excludes halogenated alkanes) is 1. The van der Waals surface area contributed by atoms with Crippen LogP contribution >= 0.6 is 0 Å². The van der Waals surface area contributed by atoms with E-state index >= 15 is 0 Å². The van der Waals surface area contributed by atoms with E-state index in [2.05, 4.69) is 124 Å². The molecule has 0 heteroatoms. The maximum Gasteiger partial charge on any atom is -0.0166 e. The van der Waals surface area contributed by atoms with Gasteiger partial charge in [-0.05, 0) is 83.5 Å². The molecule has 0 unspecified atom stereocenters. The van der Waals surface area contributed by atoms with Gasteiger partial charge in [0.05, 0.1) is 0 Å². The zero-order chi connectivity index (χ0) is 25.6. The Balaban J connectivity index is 2.34. The first-order valence-corrected chi connectivity index (χ1v) is 14.1. The second-order valence-corrected chi connectivity index (χ2v) is 14.3. The van der Waals surface area contributed by atoms with Crippen molar-refractivity contribution < 1.29 is 0 Å². The fourth-order valence-electron chi connectivity index (χ4n) is 6.28. The van der Waals surface area contributed by atoms with Gasteiger partial charge < -0.3 is 0 Å². The summed E-state index contributed by atoms with van der Waals surface area (Å²) >= 11 is 0. The van der Waals surface area contributed by atoms with Crippen LogP contribution in [0, 0.1) is 45.8 Å². The van der Waals surface area contributed by atoms with Crippen LogP contribution in [0.2, 0.25) is 0 Å². The van der Waals surface area contributed by atoms with Crippen LogP contribution in [-0.2, 0) is 6.42 Å². The van der Waals surface area contributed by atoms with Crippen LogP contribution in [0.4, 0.5) is 0 Å². The zero-order valence-electron chi connectivity index (χ0n) is 24.3. The van der Waals surface area contributed by atoms with Crippen molar-refractivity contribution in [3.63, 3.8) is 0 Å². The molecule has 0 nitrogen and oxygen atoms in total. The van der Waals surface area contributed by atoms with Crippen molar-refractivity contribution in [2.45, 2.75) is 108 Å². The smallest absolute Gasteiger partial charge is 0.0166 e. The van der Waals surface area contributed by atoms with Crippen LogP contribution in [0.25, 0.3) is 0 Å². The molecule has 0 bridgehead atoms. The van der Waals surface area contributed by atoms with Gasteiger partial charge in [-0.25, -0.2) is 0 Å². The number of aryl methyl sites for hydroxylation is 1. The molecule has 1 fully saturated rings. The van der Waals surface area contributed by atoms with Crippen molar-refractivity contribution in [1.82, 2.24) is 0 Å².